The molecular formula is C18H24N4. The van der Waals surface area contributed by atoms with Crippen LogP contribution < -0.4 is 5.73 Å². The van der Waals surface area contributed by atoms with E-state index in [0.717, 1.165) is 16.9 Å². The van der Waals surface area contributed by atoms with E-state index in [1.807, 2.05) is 17.8 Å². The first kappa shape index (κ1) is 14.9. The SMILES string of the molecule is Cn1nc(C(C)(C)C)cc1C(CN)c1c[nH]c2ccccc12. The summed E-state index contributed by atoms with van der Waals surface area (Å²) in [6.07, 6.45) is 2.08. The Morgan fingerprint density at radius 2 is 2.00 bits per heavy atom. The summed E-state index contributed by atoms with van der Waals surface area (Å²) in [5.41, 5.74) is 10.8. The highest BCUT2D eigenvalue weighted by Crippen LogP contribution is 2.32. The molecule has 22 heavy (non-hydrogen) atoms. The average molecular weight is 296 g/mol. The quantitative estimate of drug-likeness (QED) is 0.779. The largest absolute Gasteiger partial charge is 0.361 e. The summed E-state index contributed by atoms with van der Waals surface area (Å²) in [5.74, 6) is 0.143. The summed E-state index contributed by atoms with van der Waals surface area (Å²) in [4.78, 5) is 3.34. The van der Waals surface area contributed by atoms with Crippen LogP contribution in [-0.2, 0) is 12.5 Å². The number of aryl methyl sites for hydroxylation is 1. The Bertz CT molecular complexity index is 789. The smallest absolute Gasteiger partial charge is 0.0681 e. The molecule has 0 aliphatic rings. The molecule has 116 valence electrons. The van der Waals surface area contributed by atoms with E-state index in [4.69, 9.17) is 10.8 Å². The standard InChI is InChI=1S/C18H24N4/c1-18(2,3)17-9-16(22(4)21-17)13(10-19)14-11-20-15-8-6-5-7-12(14)15/h5-9,11,13,20H,10,19H2,1-4H3. The van der Waals surface area contributed by atoms with Crippen LogP contribution in [0.15, 0.2) is 36.5 Å². The van der Waals surface area contributed by atoms with Crippen molar-refractivity contribution in [2.24, 2.45) is 12.8 Å². The maximum atomic E-state index is 6.12. The van der Waals surface area contributed by atoms with Gasteiger partial charge < -0.3 is 10.7 Å². The fraction of sp³-hybridized carbons (Fsp3) is 0.389. The van der Waals surface area contributed by atoms with E-state index in [0.29, 0.717) is 6.54 Å². The van der Waals surface area contributed by atoms with Gasteiger partial charge in [0.25, 0.3) is 0 Å². The van der Waals surface area contributed by atoms with Crippen LogP contribution in [0.4, 0.5) is 0 Å². The van der Waals surface area contributed by atoms with Crippen LogP contribution in [0, 0.1) is 0 Å². The Hall–Kier alpha value is -2.07. The van der Waals surface area contributed by atoms with Gasteiger partial charge in [0, 0.05) is 47.7 Å². The van der Waals surface area contributed by atoms with Gasteiger partial charge in [-0.15, -0.1) is 0 Å². The van der Waals surface area contributed by atoms with E-state index in [1.54, 1.807) is 0 Å². The third kappa shape index (κ3) is 2.44. The number of nitrogens with two attached hydrogens (primary N) is 1. The summed E-state index contributed by atoms with van der Waals surface area (Å²) in [6, 6.07) is 10.5. The van der Waals surface area contributed by atoms with Crippen molar-refractivity contribution in [2.45, 2.75) is 32.1 Å². The molecule has 2 aromatic heterocycles. The van der Waals surface area contributed by atoms with E-state index in [9.17, 15) is 0 Å². The molecule has 4 nitrogen and oxygen atoms in total. The first-order valence-electron chi connectivity index (χ1n) is 7.72. The third-order valence-electron chi connectivity index (χ3n) is 4.27. The first-order chi connectivity index (χ1) is 10.4. The van der Waals surface area contributed by atoms with Crippen LogP contribution in [-0.4, -0.2) is 21.3 Å². The van der Waals surface area contributed by atoms with E-state index in [2.05, 4.69) is 56.2 Å². The van der Waals surface area contributed by atoms with E-state index >= 15 is 0 Å². The van der Waals surface area contributed by atoms with Crippen molar-refractivity contribution in [1.29, 1.82) is 0 Å². The molecule has 0 bridgehead atoms. The van der Waals surface area contributed by atoms with Crippen molar-refractivity contribution in [1.82, 2.24) is 14.8 Å². The maximum Gasteiger partial charge on any atom is 0.0681 e. The number of hydrogen-bond donors (Lipinski definition) is 2. The highest BCUT2D eigenvalue weighted by molar-refractivity contribution is 5.84. The van der Waals surface area contributed by atoms with E-state index < -0.39 is 0 Å². The molecule has 1 atom stereocenters. The van der Waals surface area contributed by atoms with Gasteiger partial charge in [0.05, 0.1) is 5.69 Å². The van der Waals surface area contributed by atoms with Gasteiger partial charge in [0.15, 0.2) is 0 Å². The lowest BCUT2D eigenvalue weighted by Crippen LogP contribution is -2.16. The van der Waals surface area contributed by atoms with E-state index in [-0.39, 0.29) is 11.3 Å². The van der Waals surface area contributed by atoms with Crippen molar-refractivity contribution in [3.8, 4) is 0 Å². The number of H-pyrrole nitrogens is 1. The monoisotopic (exact) mass is 296 g/mol. The number of para-hydroxylation sites is 1. The molecule has 0 spiro atoms. The maximum absolute atomic E-state index is 6.12. The van der Waals surface area contributed by atoms with Crippen LogP contribution in [0.5, 0.6) is 0 Å². The van der Waals surface area contributed by atoms with Gasteiger partial charge in [-0.1, -0.05) is 39.0 Å². The van der Waals surface area contributed by atoms with Crippen molar-refractivity contribution < 1.29 is 0 Å². The van der Waals surface area contributed by atoms with Gasteiger partial charge in [-0.05, 0) is 17.7 Å². The molecule has 0 aliphatic carbocycles. The normalized spacial score (nSPS) is 13.7. The first-order valence-corrected chi connectivity index (χ1v) is 7.72. The van der Waals surface area contributed by atoms with Gasteiger partial charge in [-0.3, -0.25) is 4.68 Å². The molecule has 0 radical (unpaired) electrons. The number of nitrogens with one attached hydrogen (secondary N) is 1. The topological polar surface area (TPSA) is 59.6 Å². The van der Waals surface area contributed by atoms with Gasteiger partial charge in [0.2, 0.25) is 0 Å². The molecule has 3 N–H and O–H groups in total. The van der Waals surface area contributed by atoms with Crippen LogP contribution in [0.25, 0.3) is 10.9 Å². The number of aromatic nitrogens is 3. The minimum Gasteiger partial charge on any atom is -0.361 e. The minimum atomic E-state index is 0.0371. The second-order valence-corrected chi connectivity index (χ2v) is 6.91. The molecule has 0 amide bonds. The zero-order valence-corrected chi connectivity index (χ0v) is 13.7. The Morgan fingerprint density at radius 1 is 1.27 bits per heavy atom. The average Bonchev–Trinajstić information content (AvgIpc) is 3.05. The molecule has 1 aromatic carbocycles. The fourth-order valence-corrected chi connectivity index (χ4v) is 2.96. The zero-order valence-electron chi connectivity index (χ0n) is 13.7. The lowest BCUT2D eigenvalue weighted by Gasteiger charge is -2.15. The predicted molar refractivity (Wildman–Crippen MR) is 91.1 cm³/mol. The van der Waals surface area contributed by atoms with Gasteiger partial charge in [-0.25, -0.2) is 0 Å². The summed E-state index contributed by atoms with van der Waals surface area (Å²) in [5, 5.41) is 5.92. The summed E-state index contributed by atoms with van der Waals surface area (Å²) < 4.78 is 1.97. The summed E-state index contributed by atoms with van der Waals surface area (Å²) in [7, 11) is 2.00. The Kier molecular flexibility index (Phi) is 3.57. The van der Waals surface area contributed by atoms with Gasteiger partial charge in [0.1, 0.15) is 0 Å². The number of benzene rings is 1. The van der Waals surface area contributed by atoms with Crippen molar-refractivity contribution in [3.63, 3.8) is 0 Å². The molecule has 4 heteroatoms. The summed E-state index contributed by atoms with van der Waals surface area (Å²) >= 11 is 0. The Balaban J connectivity index is 2.10. The fourth-order valence-electron chi connectivity index (χ4n) is 2.96. The molecule has 3 rings (SSSR count). The van der Waals surface area contributed by atoms with Crippen molar-refractivity contribution >= 4 is 10.9 Å². The van der Waals surface area contributed by atoms with Crippen molar-refractivity contribution in [2.75, 3.05) is 6.54 Å². The van der Waals surface area contributed by atoms with Gasteiger partial charge in [-0.2, -0.15) is 5.10 Å². The number of fused-ring (bicyclic) bond motifs is 1. The van der Waals surface area contributed by atoms with Gasteiger partial charge >= 0.3 is 0 Å². The predicted octanol–water partition coefficient (Wildman–Crippen LogP) is 3.29. The molecule has 2 heterocycles. The lowest BCUT2D eigenvalue weighted by molar-refractivity contribution is 0.550. The second kappa shape index (κ2) is 5.29. The number of rotatable bonds is 3. The Labute approximate surface area is 131 Å². The molecule has 0 fully saturated rings. The number of aromatic amines is 1. The number of hydrogen-bond acceptors (Lipinski definition) is 2. The zero-order chi connectivity index (χ0) is 15.9. The van der Waals surface area contributed by atoms with Crippen molar-refractivity contribution in [3.05, 3.63) is 53.5 Å². The van der Waals surface area contributed by atoms with Crippen LogP contribution in [0.2, 0.25) is 0 Å². The highest BCUT2D eigenvalue weighted by Gasteiger charge is 2.24. The molecular weight excluding hydrogens is 272 g/mol. The van der Waals surface area contributed by atoms with E-state index in [1.165, 1.54) is 10.9 Å². The molecule has 1 unspecified atom stereocenters. The molecule has 0 saturated heterocycles. The molecule has 0 aliphatic heterocycles. The third-order valence-corrected chi connectivity index (χ3v) is 4.27. The second-order valence-electron chi connectivity index (χ2n) is 6.91. The van der Waals surface area contributed by atoms with Crippen LogP contribution >= 0.6 is 0 Å². The molecule has 0 saturated carbocycles. The Morgan fingerprint density at radius 3 is 2.64 bits per heavy atom. The summed E-state index contributed by atoms with van der Waals surface area (Å²) in [6.45, 7) is 7.11. The highest BCUT2D eigenvalue weighted by atomic mass is 15.3. The minimum absolute atomic E-state index is 0.0371. The number of nitrogens with zero attached hydrogens (tertiary/aromatic N) is 2. The van der Waals surface area contributed by atoms with Crippen LogP contribution in [0.3, 0.4) is 0 Å². The lowest BCUT2D eigenvalue weighted by atomic mass is 9.90. The van der Waals surface area contributed by atoms with Crippen LogP contribution in [0.1, 0.15) is 43.6 Å². The molecule has 3 aromatic rings.